The Morgan fingerprint density at radius 3 is 2.45 bits per heavy atom. The molecule has 1 amide bonds. The Kier molecular flexibility index (Phi) is 4.06. The molecule has 0 rings (SSSR count). The number of nitrogens with one attached hydrogen (secondary N) is 1. The molecule has 0 aliphatic heterocycles. The van der Waals surface area contributed by atoms with E-state index in [0.717, 1.165) is 6.26 Å². The monoisotopic (exact) mass is 181 g/mol. The van der Waals surface area contributed by atoms with Crippen molar-refractivity contribution in [2.75, 3.05) is 18.6 Å². The van der Waals surface area contributed by atoms with Crippen molar-refractivity contribution in [2.24, 2.45) is 0 Å². The third kappa shape index (κ3) is 7.27. The molecule has 0 spiro atoms. The summed E-state index contributed by atoms with van der Waals surface area (Å²) in [6.07, 6.45) is 0.985. The first-order valence-corrected chi connectivity index (χ1v) is 5.10. The Morgan fingerprint density at radius 1 is 1.55 bits per heavy atom. The quantitative estimate of drug-likeness (QED) is 0.570. The molecule has 0 heterocycles. The minimum absolute atomic E-state index is 0.315. The molecule has 66 valence electrons. The normalized spacial score (nSPS) is 11.1. The van der Waals surface area contributed by atoms with Crippen LogP contribution in [0.5, 0.6) is 0 Å². The van der Waals surface area contributed by atoms with Crippen LogP contribution in [-0.4, -0.2) is 32.9 Å². The van der Waals surface area contributed by atoms with Crippen molar-refractivity contribution < 1.29 is 18.0 Å². The van der Waals surface area contributed by atoms with Gasteiger partial charge in [0, 0.05) is 6.26 Å². The Balaban J connectivity index is 3.71. The fourth-order valence-corrected chi connectivity index (χ4v) is 0.955. The van der Waals surface area contributed by atoms with Crippen LogP contribution in [0.25, 0.3) is 0 Å². The number of hydrogen-bond donors (Lipinski definition) is 1. The van der Waals surface area contributed by atoms with Crippen molar-refractivity contribution >= 4 is 15.7 Å². The summed E-state index contributed by atoms with van der Waals surface area (Å²) in [5, 5.41) is 0. The molecule has 0 atom stereocenters. The van der Waals surface area contributed by atoms with E-state index >= 15 is 0 Å². The summed E-state index contributed by atoms with van der Waals surface area (Å²) in [7, 11) is -3.25. The summed E-state index contributed by atoms with van der Waals surface area (Å²) in [5.74, 6) is -1.18. The van der Waals surface area contributed by atoms with Gasteiger partial charge in [-0.1, -0.05) is 0 Å². The molecule has 0 bridgehead atoms. The zero-order chi connectivity index (χ0) is 8.91. The van der Waals surface area contributed by atoms with Crippen LogP contribution < -0.4 is 5.48 Å². The summed E-state index contributed by atoms with van der Waals surface area (Å²) >= 11 is 0. The van der Waals surface area contributed by atoms with Crippen LogP contribution in [0.15, 0.2) is 0 Å². The van der Waals surface area contributed by atoms with Crippen LogP contribution in [0.1, 0.15) is 6.92 Å². The molecule has 0 aliphatic rings. The number of rotatable bonds is 4. The van der Waals surface area contributed by atoms with Crippen molar-refractivity contribution in [2.45, 2.75) is 6.92 Å². The zero-order valence-electron chi connectivity index (χ0n) is 6.46. The van der Waals surface area contributed by atoms with E-state index < -0.39 is 21.5 Å². The van der Waals surface area contributed by atoms with E-state index in [9.17, 15) is 13.2 Å². The second-order valence-electron chi connectivity index (χ2n) is 2.03. The van der Waals surface area contributed by atoms with Crippen LogP contribution in [0.2, 0.25) is 0 Å². The van der Waals surface area contributed by atoms with Crippen LogP contribution in [0.3, 0.4) is 0 Å². The maximum atomic E-state index is 10.6. The van der Waals surface area contributed by atoms with Gasteiger partial charge < -0.3 is 0 Å². The van der Waals surface area contributed by atoms with Gasteiger partial charge in [0.2, 0.25) is 0 Å². The molecule has 5 nitrogen and oxygen atoms in total. The van der Waals surface area contributed by atoms with E-state index in [1.54, 1.807) is 6.92 Å². The van der Waals surface area contributed by atoms with Crippen LogP contribution in [0, 0.1) is 0 Å². The molecule has 0 radical (unpaired) electrons. The lowest BCUT2D eigenvalue weighted by atomic mass is 10.8. The Hall–Kier alpha value is -0.620. The fourth-order valence-electron chi connectivity index (χ4n) is 0.420. The molecule has 0 unspecified atom stereocenters. The first-order chi connectivity index (χ1) is 4.95. The topological polar surface area (TPSA) is 72.5 Å². The Labute approximate surface area is 65.6 Å². The SMILES string of the molecule is CCONC(=O)CS(C)(=O)=O. The highest BCUT2D eigenvalue weighted by molar-refractivity contribution is 7.91. The second-order valence-corrected chi connectivity index (χ2v) is 4.17. The summed E-state index contributed by atoms with van der Waals surface area (Å²) in [6, 6.07) is 0. The van der Waals surface area contributed by atoms with Crippen molar-refractivity contribution in [3.63, 3.8) is 0 Å². The lowest BCUT2D eigenvalue weighted by Gasteiger charge is -2.00. The first kappa shape index (κ1) is 10.4. The summed E-state index contributed by atoms with van der Waals surface area (Å²) < 4.78 is 21.0. The van der Waals surface area contributed by atoms with E-state index in [1.165, 1.54) is 0 Å². The minimum atomic E-state index is -3.25. The summed E-state index contributed by atoms with van der Waals surface area (Å²) in [6.45, 7) is 2.00. The highest BCUT2D eigenvalue weighted by Gasteiger charge is 2.09. The molecule has 0 fully saturated rings. The number of hydrogen-bond acceptors (Lipinski definition) is 4. The Morgan fingerprint density at radius 2 is 2.09 bits per heavy atom. The molecule has 0 aromatic rings. The van der Waals surface area contributed by atoms with Gasteiger partial charge in [-0.05, 0) is 6.92 Å². The highest BCUT2D eigenvalue weighted by atomic mass is 32.2. The number of sulfone groups is 1. The maximum Gasteiger partial charge on any atom is 0.258 e. The number of carbonyl (C=O) groups is 1. The molecule has 0 aliphatic carbocycles. The zero-order valence-corrected chi connectivity index (χ0v) is 7.27. The maximum absolute atomic E-state index is 10.6. The van der Waals surface area contributed by atoms with Crippen LogP contribution >= 0.6 is 0 Å². The number of amides is 1. The van der Waals surface area contributed by atoms with Crippen molar-refractivity contribution in [3.05, 3.63) is 0 Å². The number of carbonyl (C=O) groups excluding carboxylic acids is 1. The fraction of sp³-hybridized carbons (Fsp3) is 0.800. The lowest BCUT2D eigenvalue weighted by molar-refractivity contribution is -0.130. The smallest absolute Gasteiger partial charge is 0.258 e. The van der Waals surface area contributed by atoms with Crippen LogP contribution in [0.4, 0.5) is 0 Å². The third-order valence-corrected chi connectivity index (χ3v) is 1.51. The van der Waals surface area contributed by atoms with Gasteiger partial charge in [0.25, 0.3) is 5.91 Å². The number of hydroxylamine groups is 1. The van der Waals surface area contributed by atoms with E-state index in [-0.39, 0.29) is 0 Å². The van der Waals surface area contributed by atoms with E-state index in [1.807, 2.05) is 5.48 Å². The average molecular weight is 181 g/mol. The third-order valence-electron chi connectivity index (χ3n) is 0.724. The molecule has 11 heavy (non-hydrogen) atoms. The molecular weight excluding hydrogens is 170 g/mol. The van der Waals surface area contributed by atoms with Gasteiger partial charge in [-0.3, -0.25) is 9.63 Å². The van der Waals surface area contributed by atoms with Crippen LogP contribution in [-0.2, 0) is 19.5 Å². The van der Waals surface area contributed by atoms with Gasteiger partial charge in [0.05, 0.1) is 6.61 Å². The van der Waals surface area contributed by atoms with Gasteiger partial charge in [0.15, 0.2) is 9.84 Å². The molecule has 1 N–H and O–H groups in total. The second kappa shape index (κ2) is 4.30. The standard InChI is InChI=1S/C5H11NO4S/c1-3-10-6-5(7)4-11(2,8)9/h3-4H2,1-2H3,(H,6,7). The molecule has 0 saturated carbocycles. The van der Waals surface area contributed by atoms with E-state index in [4.69, 9.17) is 0 Å². The lowest BCUT2D eigenvalue weighted by Crippen LogP contribution is -2.29. The summed E-state index contributed by atoms with van der Waals surface area (Å²) in [4.78, 5) is 15.1. The molecule has 6 heteroatoms. The first-order valence-electron chi connectivity index (χ1n) is 3.04. The molecule has 0 saturated heterocycles. The Bertz CT molecular complexity index is 221. The molecule has 0 aromatic carbocycles. The molecule has 0 aromatic heterocycles. The van der Waals surface area contributed by atoms with Gasteiger partial charge in [-0.2, -0.15) is 0 Å². The van der Waals surface area contributed by atoms with Crippen molar-refractivity contribution in [3.8, 4) is 0 Å². The minimum Gasteiger partial charge on any atom is -0.274 e. The van der Waals surface area contributed by atoms with E-state index in [2.05, 4.69) is 4.84 Å². The van der Waals surface area contributed by atoms with Gasteiger partial charge >= 0.3 is 0 Å². The predicted octanol–water partition coefficient (Wildman–Crippen LogP) is -0.901. The highest BCUT2D eigenvalue weighted by Crippen LogP contribution is 1.81. The van der Waals surface area contributed by atoms with Gasteiger partial charge in [-0.25, -0.2) is 13.9 Å². The summed E-state index contributed by atoms with van der Waals surface area (Å²) in [5.41, 5.74) is 1.97. The predicted molar refractivity (Wildman–Crippen MR) is 39.5 cm³/mol. The van der Waals surface area contributed by atoms with E-state index in [0.29, 0.717) is 6.61 Å². The molecular formula is C5H11NO4S. The average Bonchev–Trinajstić information content (AvgIpc) is 1.79. The van der Waals surface area contributed by atoms with Gasteiger partial charge in [0.1, 0.15) is 5.75 Å². The van der Waals surface area contributed by atoms with Crippen molar-refractivity contribution in [1.82, 2.24) is 5.48 Å². The van der Waals surface area contributed by atoms with Gasteiger partial charge in [-0.15, -0.1) is 0 Å². The van der Waals surface area contributed by atoms with Crippen molar-refractivity contribution in [1.29, 1.82) is 0 Å². The largest absolute Gasteiger partial charge is 0.274 e.